The van der Waals surface area contributed by atoms with Crippen molar-refractivity contribution < 1.29 is 9.53 Å². The Kier molecular flexibility index (Phi) is 7.55. The molecule has 1 N–H and O–H groups in total. The lowest BCUT2D eigenvalue weighted by Crippen LogP contribution is -2.14. The third kappa shape index (κ3) is 5.74. The van der Waals surface area contributed by atoms with Gasteiger partial charge in [0.25, 0.3) is 0 Å². The average molecular weight is 431 g/mol. The van der Waals surface area contributed by atoms with Gasteiger partial charge in [0.1, 0.15) is 5.75 Å². The Balaban J connectivity index is 1.72. The fourth-order valence-corrected chi connectivity index (χ4v) is 3.72. The summed E-state index contributed by atoms with van der Waals surface area (Å²) in [7, 11) is 1.64. The van der Waals surface area contributed by atoms with Crippen molar-refractivity contribution in [2.45, 2.75) is 31.5 Å². The van der Waals surface area contributed by atoms with E-state index in [1.165, 1.54) is 11.8 Å². The molecule has 0 saturated heterocycles. The second kappa shape index (κ2) is 10.3. The monoisotopic (exact) mass is 430 g/mol. The maximum Gasteiger partial charge on any atom is 0.234 e. The van der Waals surface area contributed by atoms with Crippen molar-refractivity contribution >= 4 is 35.0 Å². The van der Waals surface area contributed by atoms with Crippen LogP contribution in [0, 0.1) is 0 Å². The fraction of sp³-hybridized carbons (Fsp3) is 0.286. The number of methoxy groups -OCH3 is 1. The number of nitrogens with one attached hydrogen (secondary N) is 1. The number of thioether (sulfide) groups is 1. The van der Waals surface area contributed by atoms with E-state index in [1.807, 2.05) is 24.3 Å². The normalized spacial score (nSPS) is 10.7. The molecule has 29 heavy (non-hydrogen) atoms. The Labute approximate surface area is 179 Å². The summed E-state index contributed by atoms with van der Waals surface area (Å²) < 4.78 is 7.30. The van der Waals surface area contributed by atoms with Gasteiger partial charge in [0, 0.05) is 22.8 Å². The number of halogens is 1. The molecule has 3 aromatic rings. The molecule has 1 amide bonds. The van der Waals surface area contributed by atoms with Gasteiger partial charge in [-0.25, -0.2) is 0 Å². The van der Waals surface area contributed by atoms with Crippen molar-refractivity contribution in [1.29, 1.82) is 0 Å². The van der Waals surface area contributed by atoms with Crippen LogP contribution in [0.3, 0.4) is 0 Å². The van der Waals surface area contributed by atoms with Crippen LogP contribution in [0.25, 0.3) is 11.4 Å². The Morgan fingerprint density at radius 2 is 2.00 bits per heavy atom. The van der Waals surface area contributed by atoms with Crippen LogP contribution in [0.1, 0.15) is 19.8 Å². The molecule has 0 aliphatic rings. The Bertz CT molecular complexity index is 960. The molecule has 0 aliphatic carbocycles. The van der Waals surface area contributed by atoms with Gasteiger partial charge in [0.2, 0.25) is 5.91 Å². The minimum Gasteiger partial charge on any atom is -0.497 e. The fourth-order valence-electron chi connectivity index (χ4n) is 2.76. The molecule has 152 valence electrons. The molecule has 0 aliphatic heterocycles. The van der Waals surface area contributed by atoms with Gasteiger partial charge < -0.3 is 14.6 Å². The van der Waals surface area contributed by atoms with E-state index in [-0.39, 0.29) is 11.7 Å². The SMILES string of the molecule is CCCCn1c(SCC(=O)Nc2cccc(Cl)c2)nnc1-c1ccc(OC)cc1. The smallest absolute Gasteiger partial charge is 0.234 e. The predicted molar refractivity (Wildman–Crippen MR) is 118 cm³/mol. The highest BCUT2D eigenvalue weighted by Crippen LogP contribution is 2.26. The van der Waals surface area contributed by atoms with E-state index in [0.29, 0.717) is 10.7 Å². The van der Waals surface area contributed by atoms with Crippen LogP contribution < -0.4 is 10.1 Å². The van der Waals surface area contributed by atoms with E-state index in [0.717, 1.165) is 41.7 Å². The van der Waals surface area contributed by atoms with Crippen LogP contribution in [0.2, 0.25) is 5.02 Å². The summed E-state index contributed by atoms with van der Waals surface area (Å²) in [5, 5.41) is 12.9. The zero-order valence-corrected chi connectivity index (χ0v) is 18.0. The Morgan fingerprint density at radius 3 is 2.69 bits per heavy atom. The highest BCUT2D eigenvalue weighted by atomic mass is 35.5. The summed E-state index contributed by atoms with van der Waals surface area (Å²) in [5.41, 5.74) is 1.64. The molecule has 8 heteroatoms. The van der Waals surface area contributed by atoms with Gasteiger partial charge in [-0.2, -0.15) is 0 Å². The minimum absolute atomic E-state index is 0.117. The molecule has 2 aromatic carbocycles. The Hall–Kier alpha value is -2.51. The van der Waals surface area contributed by atoms with Gasteiger partial charge in [0.15, 0.2) is 11.0 Å². The van der Waals surface area contributed by atoms with E-state index in [1.54, 1.807) is 31.4 Å². The maximum atomic E-state index is 12.3. The lowest BCUT2D eigenvalue weighted by molar-refractivity contribution is -0.113. The summed E-state index contributed by atoms with van der Waals surface area (Å²) in [6.45, 7) is 2.94. The largest absolute Gasteiger partial charge is 0.497 e. The lowest BCUT2D eigenvalue weighted by Gasteiger charge is -2.10. The number of hydrogen-bond acceptors (Lipinski definition) is 5. The highest BCUT2D eigenvalue weighted by Gasteiger charge is 2.15. The summed E-state index contributed by atoms with van der Waals surface area (Å²) in [6.07, 6.45) is 2.06. The molecular weight excluding hydrogens is 408 g/mol. The molecular formula is C21H23ClN4O2S. The standard InChI is InChI=1S/C21H23ClN4O2S/c1-3-4-12-26-20(15-8-10-18(28-2)11-9-15)24-25-21(26)29-14-19(27)23-17-7-5-6-16(22)13-17/h5-11,13H,3-4,12,14H2,1-2H3,(H,23,27). The molecule has 6 nitrogen and oxygen atoms in total. The second-order valence-corrected chi connectivity index (χ2v) is 7.77. The second-order valence-electron chi connectivity index (χ2n) is 6.39. The first-order valence-electron chi connectivity index (χ1n) is 9.36. The van der Waals surface area contributed by atoms with Gasteiger partial charge in [0.05, 0.1) is 12.9 Å². The zero-order chi connectivity index (χ0) is 20.6. The van der Waals surface area contributed by atoms with Gasteiger partial charge in [-0.3, -0.25) is 4.79 Å². The first-order valence-corrected chi connectivity index (χ1v) is 10.7. The maximum absolute atomic E-state index is 12.3. The van der Waals surface area contributed by atoms with Crippen LogP contribution in [0.15, 0.2) is 53.7 Å². The van der Waals surface area contributed by atoms with Crippen molar-refractivity contribution in [2.75, 3.05) is 18.2 Å². The van der Waals surface area contributed by atoms with Crippen molar-refractivity contribution in [3.63, 3.8) is 0 Å². The van der Waals surface area contributed by atoms with E-state index >= 15 is 0 Å². The van der Waals surface area contributed by atoms with Crippen LogP contribution in [-0.4, -0.2) is 33.5 Å². The molecule has 1 aromatic heterocycles. The van der Waals surface area contributed by atoms with E-state index in [9.17, 15) is 4.79 Å². The van der Waals surface area contributed by atoms with Gasteiger partial charge in [-0.1, -0.05) is 42.8 Å². The molecule has 0 atom stereocenters. The first kappa shape index (κ1) is 21.2. The minimum atomic E-state index is -0.117. The highest BCUT2D eigenvalue weighted by molar-refractivity contribution is 7.99. The average Bonchev–Trinajstić information content (AvgIpc) is 3.13. The molecule has 0 spiro atoms. The van der Waals surface area contributed by atoms with E-state index in [2.05, 4.69) is 27.0 Å². The molecule has 0 unspecified atom stereocenters. The number of unbranched alkanes of at least 4 members (excludes halogenated alkanes) is 1. The third-order valence-corrected chi connectivity index (χ3v) is 5.44. The number of hydrogen-bond donors (Lipinski definition) is 1. The first-order chi connectivity index (χ1) is 14.1. The summed E-state index contributed by atoms with van der Waals surface area (Å²) in [4.78, 5) is 12.3. The zero-order valence-electron chi connectivity index (χ0n) is 16.4. The topological polar surface area (TPSA) is 69.0 Å². The van der Waals surface area contributed by atoms with Crippen LogP contribution >= 0.6 is 23.4 Å². The Morgan fingerprint density at radius 1 is 1.21 bits per heavy atom. The number of benzene rings is 2. The number of aromatic nitrogens is 3. The third-order valence-electron chi connectivity index (χ3n) is 4.24. The molecule has 0 bridgehead atoms. The number of amides is 1. The van der Waals surface area contributed by atoms with Crippen molar-refractivity contribution in [2.24, 2.45) is 0 Å². The van der Waals surface area contributed by atoms with E-state index in [4.69, 9.17) is 16.3 Å². The van der Waals surface area contributed by atoms with Gasteiger partial charge in [-0.15, -0.1) is 10.2 Å². The molecule has 0 radical (unpaired) electrons. The molecule has 0 saturated carbocycles. The van der Waals surface area contributed by atoms with Crippen LogP contribution in [0.4, 0.5) is 5.69 Å². The predicted octanol–water partition coefficient (Wildman–Crippen LogP) is 5.14. The number of carbonyl (C=O) groups excluding carboxylic acids is 1. The number of nitrogens with zero attached hydrogens (tertiary/aromatic N) is 3. The van der Waals surface area contributed by atoms with Crippen molar-refractivity contribution in [3.8, 4) is 17.1 Å². The van der Waals surface area contributed by atoms with E-state index < -0.39 is 0 Å². The molecule has 1 heterocycles. The number of rotatable bonds is 9. The van der Waals surface area contributed by atoms with Crippen molar-refractivity contribution in [3.05, 3.63) is 53.6 Å². The van der Waals surface area contributed by atoms with Gasteiger partial charge in [-0.05, 0) is 48.9 Å². The summed E-state index contributed by atoms with van der Waals surface area (Å²) in [6, 6.07) is 14.8. The van der Waals surface area contributed by atoms with Gasteiger partial charge >= 0.3 is 0 Å². The molecule has 0 fully saturated rings. The number of carbonyl (C=O) groups is 1. The van der Waals surface area contributed by atoms with Crippen molar-refractivity contribution in [1.82, 2.24) is 14.8 Å². The summed E-state index contributed by atoms with van der Waals surface area (Å²) in [5.74, 6) is 1.70. The quantitative estimate of drug-likeness (QED) is 0.476. The summed E-state index contributed by atoms with van der Waals surface area (Å²) >= 11 is 7.34. The number of ether oxygens (including phenoxy) is 1. The number of anilines is 1. The van der Waals surface area contributed by atoms with Crippen LogP contribution in [-0.2, 0) is 11.3 Å². The lowest BCUT2D eigenvalue weighted by atomic mass is 10.2. The molecule has 3 rings (SSSR count). The van der Waals surface area contributed by atoms with Crippen LogP contribution in [0.5, 0.6) is 5.75 Å².